The van der Waals surface area contributed by atoms with Crippen molar-refractivity contribution in [1.82, 2.24) is 0 Å². The van der Waals surface area contributed by atoms with Gasteiger partial charge in [0.2, 0.25) is 0 Å². The van der Waals surface area contributed by atoms with E-state index in [1.165, 1.54) is 12.1 Å². The van der Waals surface area contributed by atoms with Crippen LogP contribution in [0, 0.1) is 10.1 Å². The molecule has 0 amide bonds. The van der Waals surface area contributed by atoms with E-state index in [9.17, 15) is 15.2 Å². The number of anilines is 1. The predicted octanol–water partition coefficient (Wildman–Crippen LogP) is 2.71. The second-order valence-corrected chi connectivity index (χ2v) is 5.77. The van der Waals surface area contributed by atoms with Crippen LogP contribution in [0.1, 0.15) is 19.8 Å². The van der Waals surface area contributed by atoms with E-state index in [-0.39, 0.29) is 5.69 Å². The van der Waals surface area contributed by atoms with E-state index in [0.29, 0.717) is 11.0 Å². The van der Waals surface area contributed by atoms with Gasteiger partial charge in [-0.3, -0.25) is 10.1 Å². The van der Waals surface area contributed by atoms with E-state index in [0.717, 1.165) is 25.1 Å². The first-order valence-corrected chi connectivity index (χ1v) is 6.60. The number of non-ortho nitro benzene ring substituents is 1. The van der Waals surface area contributed by atoms with E-state index in [1.54, 1.807) is 6.07 Å². The maximum absolute atomic E-state index is 10.7. The Balaban J connectivity index is 2.26. The van der Waals surface area contributed by atoms with Gasteiger partial charge in [-0.25, -0.2) is 0 Å². The largest absolute Gasteiger partial charge is 0.388 e. The first-order valence-electron chi connectivity index (χ1n) is 5.80. The van der Waals surface area contributed by atoms with Crippen LogP contribution in [0.5, 0.6) is 0 Å². The number of rotatable bonds is 2. The van der Waals surface area contributed by atoms with Crippen molar-refractivity contribution in [1.29, 1.82) is 0 Å². The molecule has 0 aromatic heterocycles. The van der Waals surface area contributed by atoms with Gasteiger partial charge < -0.3 is 10.0 Å². The Bertz CT molecular complexity index is 476. The quantitative estimate of drug-likeness (QED) is 0.673. The van der Waals surface area contributed by atoms with Crippen LogP contribution in [0.4, 0.5) is 11.4 Å². The average molecular weight is 315 g/mol. The highest BCUT2D eigenvalue weighted by atomic mass is 79.9. The Labute approximate surface area is 114 Å². The summed E-state index contributed by atoms with van der Waals surface area (Å²) in [6.07, 6.45) is 1.70. The minimum atomic E-state index is -0.695. The number of aliphatic hydroxyl groups is 1. The van der Waals surface area contributed by atoms with Crippen LogP contribution in [-0.2, 0) is 0 Å². The molecule has 1 heterocycles. The van der Waals surface area contributed by atoms with Gasteiger partial charge in [-0.1, -0.05) is 0 Å². The lowest BCUT2D eigenvalue weighted by Crippen LogP contribution is -2.46. The molecule has 18 heavy (non-hydrogen) atoms. The monoisotopic (exact) mass is 314 g/mol. The first-order chi connectivity index (χ1) is 8.39. The van der Waals surface area contributed by atoms with E-state index in [4.69, 9.17) is 0 Å². The SMILES string of the molecule is CC1(O)CCCN(c2ccc([N+](=O)[O-])cc2Br)C1. The molecule has 1 aliphatic heterocycles. The van der Waals surface area contributed by atoms with Crippen molar-refractivity contribution >= 4 is 27.3 Å². The second-order valence-electron chi connectivity index (χ2n) is 4.91. The molecule has 6 heteroatoms. The number of nitro benzene ring substituents is 1. The molecule has 0 spiro atoms. The van der Waals surface area contributed by atoms with Crippen molar-refractivity contribution in [2.45, 2.75) is 25.4 Å². The lowest BCUT2D eigenvalue weighted by atomic mass is 9.95. The summed E-state index contributed by atoms with van der Waals surface area (Å²) in [4.78, 5) is 12.3. The van der Waals surface area contributed by atoms with Gasteiger partial charge >= 0.3 is 0 Å². The van der Waals surface area contributed by atoms with Gasteiger partial charge in [0, 0.05) is 29.7 Å². The lowest BCUT2D eigenvalue weighted by Gasteiger charge is -2.38. The Morgan fingerprint density at radius 1 is 1.56 bits per heavy atom. The Kier molecular flexibility index (Phi) is 3.59. The zero-order valence-electron chi connectivity index (χ0n) is 10.1. The molecule has 1 aromatic rings. The fourth-order valence-electron chi connectivity index (χ4n) is 2.29. The van der Waals surface area contributed by atoms with Crippen LogP contribution in [0.2, 0.25) is 0 Å². The van der Waals surface area contributed by atoms with Gasteiger partial charge in [0.15, 0.2) is 0 Å². The van der Waals surface area contributed by atoms with Crippen molar-refractivity contribution in [2.75, 3.05) is 18.0 Å². The van der Waals surface area contributed by atoms with Crippen LogP contribution in [0.3, 0.4) is 0 Å². The summed E-state index contributed by atoms with van der Waals surface area (Å²) in [5.74, 6) is 0. The van der Waals surface area contributed by atoms with Crippen LogP contribution in [0.15, 0.2) is 22.7 Å². The van der Waals surface area contributed by atoms with Crippen LogP contribution < -0.4 is 4.90 Å². The van der Waals surface area contributed by atoms with E-state index < -0.39 is 10.5 Å². The molecule has 98 valence electrons. The van der Waals surface area contributed by atoms with Crippen molar-refractivity contribution in [2.24, 2.45) is 0 Å². The van der Waals surface area contributed by atoms with Crippen molar-refractivity contribution in [3.63, 3.8) is 0 Å². The third-order valence-electron chi connectivity index (χ3n) is 3.16. The third kappa shape index (κ3) is 2.81. The van der Waals surface area contributed by atoms with Gasteiger partial charge in [-0.15, -0.1) is 0 Å². The molecule has 1 aliphatic rings. The number of nitrogens with zero attached hydrogens (tertiary/aromatic N) is 2. The van der Waals surface area contributed by atoms with E-state index >= 15 is 0 Å². The number of piperidine rings is 1. The molecule has 5 nitrogen and oxygen atoms in total. The van der Waals surface area contributed by atoms with E-state index in [1.807, 2.05) is 6.92 Å². The molecule has 1 fully saturated rings. The van der Waals surface area contributed by atoms with Gasteiger partial charge in [0.05, 0.1) is 16.2 Å². The first kappa shape index (κ1) is 13.3. The number of halogens is 1. The fraction of sp³-hybridized carbons (Fsp3) is 0.500. The minimum absolute atomic E-state index is 0.0643. The number of nitro groups is 1. The smallest absolute Gasteiger partial charge is 0.270 e. The van der Waals surface area contributed by atoms with E-state index in [2.05, 4.69) is 20.8 Å². The molecule has 1 unspecified atom stereocenters. The van der Waals surface area contributed by atoms with Crippen LogP contribution in [0.25, 0.3) is 0 Å². The summed E-state index contributed by atoms with van der Waals surface area (Å²) in [7, 11) is 0. The highest BCUT2D eigenvalue weighted by molar-refractivity contribution is 9.10. The summed E-state index contributed by atoms with van der Waals surface area (Å²) in [6.45, 7) is 3.22. The number of hydrogen-bond donors (Lipinski definition) is 1. The lowest BCUT2D eigenvalue weighted by molar-refractivity contribution is -0.384. The van der Waals surface area contributed by atoms with Gasteiger partial charge in [0.25, 0.3) is 5.69 Å². The van der Waals surface area contributed by atoms with Crippen molar-refractivity contribution < 1.29 is 10.0 Å². The normalized spacial score (nSPS) is 24.1. The predicted molar refractivity (Wildman–Crippen MR) is 72.9 cm³/mol. The van der Waals surface area contributed by atoms with Gasteiger partial charge in [-0.2, -0.15) is 0 Å². The van der Waals surface area contributed by atoms with Gasteiger partial charge in [-0.05, 0) is 41.8 Å². The van der Waals surface area contributed by atoms with Crippen molar-refractivity contribution in [3.05, 3.63) is 32.8 Å². The molecule has 1 atom stereocenters. The highest BCUT2D eigenvalue weighted by Gasteiger charge is 2.29. The topological polar surface area (TPSA) is 66.6 Å². The third-order valence-corrected chi connectivity index (χ3v) is 3.79. The number of hydrogen-bond acceptors (Lipinski definition) is 4. The summed E-state index contributed by atoms with van der Waals surface area (Å²) in [5, 5.41) is 20.7. The highest BCUT2D eigenvalue weighted by Crippen LogP contribution is 2.33. The molecular weight excluding hydrogens is 300 g/mol. The van der Waals surface area contributed by atoms with Gasteiger partial charge in [0.1, 0.15) is 0 Å². The molecule has 0 saturated carbocycles. The zero-order valence-corrected chi connectivity index (χ0v) is 11.7. The van der Waals surface area contributed by atoms with Crippen LogP contribution >= 0.6 is 15.9 Å². The minimum Gasteiger partial charge on any atom is -0.388 e. The summed E-state index contributed by atoms with van der Waals surface area (Å²) in [5.41, 5.74) is 0.259. The van der Waals surface area contributed by atoms with Crippen molar-refractivity contribution in [3.8, 4) is 0 Å². The molecule has 0 bridgehead atoms. The molecule has 1 aromatic carbocycles. The summed E-state index contributed by atoms with van der Waals surface area (Å²) >= 11 is 3.36. The Hall–Kier alpha value is -1.14. The standard InChI is InChI=1S/C12H15BrN2O3/c1-12(16)5-2-6-14(8-12)11-4-3-9(15(17)18)7-10(11)13/h3-4,7,16H,2,5-6,8H2,1H3. The Morgan fingerprint density at radius 3 is 2.83 bits per heavy atom. The number of benzene rings is 1. The molecule has 0 aliphatic carbocycles. The zero-order chi connectivity index (χ0) is 13.3. The maximum atomic E-state index is 10.7. The molecule has 0 radical (unpaired) electrons. The molecule has 1 N–H and O–H groups in total. The maximum Gasteiger partial charge on any atom is 0.270 e. The molecule has 1 saturated heterocycles. The average Bonchev–Trinajstić information content (AvgIpc) is 2.27. The fourth-order valence-corrected chi connectivity index (χ4v) is 2.91. The second kappa shape index (κ2) is 4.85. The summed E-state index contributed by atoms with van der Waals surface area (Å²) in [6, 6.07) is 4.71. The van der Waals surface area contributed by atoms with Crippen LogP contribution in [-0.4, -0.2) is 28.7 Å². The molecular formula is C12H15BrN2O3. The number of β-amino-alcohol motifs (C(OH)–C–C–N with tert-alkyl or cyclic N) is 1. The Morgan fingerprint density at radius 2 is 2.28 bits per heavy atom. The molecule has 2 rings (SSSR count). The summed E-state index contributed by atoms with van der Waals surface area (Å²) < 4.78 is 0.689.